The average molecular weight is 425 g/mol. The summed E-state index contributed by atoms with van der Waals surface area (Å²) in [5.41, 5.74) is 5.35. The van der Waals surface area contributed by atoms with E-state index in [1.54, 1.807) is 0 Å². The van der Waals surface area contributed by atoms with Gasteiger partial charge in [-0.25, -0.2) is 0 Å². The van der Waals surface area contributed by atoms with Crippen LogP contribution in [0.3, 0.4) is 0 Å². The lowest BCUT2D eigenvalue weighted by molar-refractivity contribution is -0.120. The normalized spacial score (nSPS) is 22.7. The summed E-state index contributed by atoms with van der Waals surface area (Å²) >= 11 is 0. The number of hydrogen-bond acceptors (Lipinski definition) is 2. The van der Waals surface area contributed by atoms with Crippen LogP contribution in [-0.2, 0) is 17.6 Å². The molecule has 1 N–H and O–H groups in total. The average Bonchev–Trinajstić information content (AvgIpc) is 3.30. The largest absolute Gasteiger partial charge is 0.324 e. The van der Waals surface area contributed by atoms with Gasteiger partial charge in [0.25, 0.3) is 0 Å². The molecule has 31 heavy (non-hydrogen) atoms. The van der Waals surface area contributed by atoms with Crippen molar-refractivity contribution in [2.45, 2.75) is 134 Å². The molecule has 0 aliphatic heterocycles. The molecule has 1 aromatic heterocycles. The zero-order valence-electron chi connectivity index (χ0n) is 19.7. The second-order valence-electron chi connectivity index (χ2n) is 10.5. The zero-order chi connectivity index (χ0) is 21.3. The summed E-state index contributed by atoms with van der Waals surface area (Å²) in [6, 6.07) is 0. The van der Waals surface area contributed by atoms with E-state index in [1.807, 2.05) is 6.20 Å². The van der Waals surface area contributed by atoms with Crippen molar-refractivity contribution >= 4 is 11.6 Å². The van der Waals surface area contributed by atoms with E-state index in [4.69, 9.17) is 4.98 Å². The second kappa shape index (κ2) is 12.0. The number of hydrogen-bond donors (Lipinski definition) is 1. The zero-order valence-corrected chi connectivity index (χ0v) is 19.7. The first-order valence-electron chi connectivity index (χ1n) is 13.6. The summed E-state index contributed by atoms with van der Waals surface area (Å²) in [6.45, 7) is 0. The minimum atomic E-state index is 0.180. The van der Waals surface area contributed by atoms with Crippen molar-refractivity contribution in [3.05, 3.63) is 23.0 Å². The molecule has 1 amide bonds. The van der Waals surface area contributed by atoms with Crippen molar-refractivity contribution in [3.8, 4) is 0 Å². The van der Waals surface area contributed by atoms with Gasteiger partial charge in [0, 0.05) is 11.6 Å². The van der Waals surface area contributed by atoms with Crippen LogP contribution in [0.25, 0.3) is 0 Å². The molecule has 0 unspecified atom stereocenters. The maximum absolute atomic E-state index is 13.4. The number of nitrogens with one attached hydrogen (secondary N) is 1. The van der Waals surface area contributed by atoms with Crippen LogP contribution in [0.2, 0.25) is 0 Å². The topological polar surface area (TPSA) is 42.0 Å². The molecule has 0 spiro atoms. The van der Waals surface area contributed by atoms with Crippen LogP contribution in [0.1, 0.15) is 138 Å². The standard InChI is InChI=1S/C28H44N2O/c31-28(23-17-12-8-2-1-3-9-13-18-23)30-26-21-29-25-20-14-19-24(25)27(26)22-15-10-6-4-5-7-11-16-22/h21-23H,1-20H2,(H,30,31). The Labute approximate surface area is 190 Å². The van der Waals surface area contributed by atoms with Gasteiger partial charge in [0.1, 0.15) is 0 Å². The van der Waals surface area contributed by atoms with E-state index in [2.05, 4.69) is 5.32 Å². The Balaban J connectivity index is 1.53. The van der Waals surface area contributed by atoms with Crippen LogP contribution in [0, 0.1) is 5.92 Å². The fourth-order valence-corrected chi connectivity index (χ4v) is 6.33. The fraction of sp³-hybridized carbons (Fsp3) is 0.786. The van der Waals surface area contributed by atoms with Crippen LogP contribution < -0.4 is 5.32 Å². The quantitative estimate of drug-likeness (QED) is 0.536. The molecule has 3 nitrogen and oxygen atoms in total. The van der Waals surface area contributed by atoms with Crippen molar-refractivity contribution in [1.29, 1.82) is 0 Å². The van der Waals surface area contributed by atoms with E-state index < -0.39 is 0 Å². The Morgan fingerprint density at radius 3 is 1.87 bits per heavy atom. The lowest BCUT2D eigenvalue weighted by Gasteiger charge is -2.25. The number of nitrogens with zero attached hydrogens (tertiary/aromatic N) is 1. The summed E-state index contributed by atoms with van der Waals surface area (Å²) < 4.78 is 0. The first-order valence-corrected chi connectivity index (χ1v) is 13.6. The van der Waals surface area contributed by atoms with Gasteiger partial charge in [-0.15, -0.1) is 0 Å². The SMILES string of the molecule is O=C(Nc1cnc2c(c1C1CCCCCCCC1)CCC2)C1CCCCCCCCC1. The number of amides is 1. The monoisotopic (exact) mass is 424 g/mol. The lowest BCUT2D eigenvalue weighted by atomic mass is 9.85. The first kappa shape index (κ1) is 22.8. The van der Waals surface area contributed by atoms with Crippen LogP contribution in [0.15, 0.2) is 6.20 Å². The van der Waals surface area contributed by atoms with E-state index in [9.17, 15) is 4.79 Å². The number of pyridine rings is 1. The van der Waals surface area contributed by atoms with Gasteiger partial charge < -0.3 is 5.32 Å². The van der Waals surface area contributed by atoms with E-state index in [-0.39, 0.29) is 11.8 Å². The van der Waals surface area contributed by atoms with Gasteiger partial charge in [0.2, 0.25) is 5.91 Å². The van der Waals surface area contributed by atoms with E-state index >= 15 is 0 Å². The third-order valence-corrected chi connectivity index (χ3v) is 8.15. The maximum Gasteiger partial charge on any atom is 0.227 e. The number of anilines is 1. The van der Waals surface area contributed by atoms with Gasteiger partial charge in [-0.1, -0.05) is 83.5 Å². The third kappa shape index (κ3) is 6.33. The number of aromatic nitrogens is 1. The molecule has 4 rings (SSSR count). The number of fused-ring (bicyclic) bond motifs is 1. The molecule has 2 fully saturated rings. The minimum absolute atomic E-state index is 0.180. The van der Waals surface area contributed by atoms with Crippen molar-refractivity contribution in [2.75, 3.05) is 5.32 Å². The molecule has 0 radical (unpaired) electrons. The Morgan fingerprint density at radius 1 is 0.710 bits per heavy atom. The Kier molecular flexibility index (Phi) is 8.84. The van der Waals surface area contributed by atoms with Crippen LogP contribution in [-0.4, -0.2) is 10.9 Å². The van der Waals surface area contributed by atoms with Crippen molar-refractivity contribution in [3.63, 3.8) is 0 Å². The number of carbonyl (C=O) groups is 1. The predicted molar refractivity (Wildman–Crippen MR) is 130 cm³/mol. The summed E-state index contributed by atoms with van der Waals surface area (Å²) in [6.07, 6.45) is 27.4. The number of carbonyl (C=O) groups excluding carboxylic acids is 1. The van der Waals surface area contributed by atoms with Gasteiger partial charge in [0.05, 0.1) is 11.9 Å². The maximum atomic E-state index is 13.4. The van der Waals surface area contributed by atoms with Gasteiger partial charge >= 0.3 is 0 Å². The molecule has 0 bridgehead atoms. The first-order chi connectivity index (χ1) is 15.3. The molecule has 0 atom stereocenters. The van der Waals surface area contributed by atoms with Gasteiger partial charge in [-0.2, -0.15) is 0 Å². The lowest BCUT2D eigenvalue weighted by Crippen LogP contribution is -2.25. The molecule has 1 heterocycles. The van der Waals surface area contributed by atoms with E-state index in [0.29, 0.717) is 5.92 Å². The molecule has 2 saturated carbocycles. The van der Waals surface area contributed by atoms with E-state index in [0.717, 1.165) is 31.4 Å². The molecular weight excluding hydrogens is 380 g/mol. The number of rotatable bonds is 3. The van der Waals surface area contributed by atoms with Crippen molar-refractivity contribution < 1.29 is 4.79 Å². The van der Waals surface area contributed by atoms with Crippen molar-refractivity contribution in [1.82, 2.24) is 4.98 Å². The Hall–Kier alpha value is -1.38. The Morgan fingerprint density at radius 2 is 1.26 bits per heavy atom. The number of aryl methyl sites for hydroxylation is 1. The highest BCUT2D eigenvalue weighted by Crippen LogP contribution is 2.40. The summed E-state index contributed by atoms with van der Waals surface area (Å²) in [4.78, 5) is 18.2. The molecular formula is C28H44N2O. The summed E-state index contributed by atoms with van der Waals surface area (Å²) in [5.74, 6) is 1.05. The molecule has 172 valence electrons. The molecule has 1 aromatic rings. The van der Waals surface area contributed by atoms with Gasteiger partial charge in [-0.05, 0) is 62.0 Å². The highest BCUT2D eigenvalue weighted by atomic mass is 16.1. The smallest absolute Gasteiger partial charge is 0.227 e. The summed E-state index contributed by atoms with van der Waals surface area (Å²) in [5, 5.41) is 3.44. The van der Waals surface area contributed by atoms with Crippen LogP contribution >= 0.6 is 0 Å². The van der Waals surface area contributed by atoms with E-state index in [1.165, 1.54) is 120 Å². The van der Waals surface area contributed by atoms with Crippen LogP contribution in [0.4, 0.5) is 5.69 Å². The Bertz CT molecular complexity index is 693. The molecule has 3 aliphatic rings. The highest BCUT2D eigenvalue weighted by molar-refractivity contribution is 5.93. The van der Waals surface area contributed by atoms with Crippen LogP contribution in [0.5, 0.6) is 0 Å². The highest BCUT2D eigenvalue weighted by Gasteiger charge is 2.27. The second-order valence-corrected chi connectivity index (χ2v) is 10.5. The van der Waals surface area contributed by atoms with Crippen molar-refractivity contribution in [2.24, 2.45) is 5.92 Å². The summed E-state index contributed by atoms with van der Waals surface area (Å²) in [7, 11) is 0. The van der Waals surface area contributed by atoms with Gasteiger partial charge in [0.15, 0.2) is 0 Å². The fourth-order valence-electron chi connectivity index (χ4n) is 6.33. The molecule has 3 aliphatic carbocycles. The molecule has 0 saturated heterocycles. The minimum Gasteiger partial charge on any atom is -0.324 e. The molecule has 3 heteroatoms. The third-order valence-electron chi connectivity index (χ3n) is 8.15. The van der Waals surface area contributed by atoms with Gasteiger partial charge in [-0.3, -0.25) is 9.78 Å². The molecule has 0 aromatic carbocycles. The predicted octanol–water partition coefficient (Wildman–Crippen LogP) is 7.87.